The van der Waals surface area contributed by atoms with Crippen LogP contribution >= 0.6 is 11.6 Å². The molecule has 4 atom stereocenters. The Bertz CT molecular complexity index is 1720. The minimum Gasteiger partial charge on any atom is -0.387 e. The Morgan fingerprint density at radius 1 is 1.20 bits per heavy atom. The lowest BCUT2D eigenvalue weighted by Crippen LogP contribution is -2.60. The van der Waals surface area contributed by atoms with Crippen molar-refractivity contribution in [2.75, 3.05) is 11.9 Å². The topological polar surface area (TPSA) is 143 Å². The van der Waals surface area contributed by atoms with Crippen molar-refractivity contribution in [1.29, 1.82) is 0 Å². The van der Waals surface area contributed by atoms with Gasteiger partial charge in [-0.2, -0.15) is 4.31 Å². The first kappa shape index (κ1) is 32.4. The Balaban J connectivity index is 1.26. The van der Waals surface area contributed by atoms with E-state index in [-0.39, 0.29) is 54.1 Å². The second-order valence-electron chi connectivity index (χ2n) is 13.0. The van der Waals surface area contributed by atoms with Crippen molar-refractivity contribution in [2.24, 2.45) is 0 Å². The molecule has 3 fully saturated rings. The van der Waals surface area contributed by atoms with Crippen molar-refractivity contribution < 1.29 is 36.5 Å². The molecule has 11 nitrogen and oxygen atoms in total. The molecule has 0 amide bonds. The van der Waals surface area contributed by atoms with Crippen molar-refractivity contribution >= 4 is 38.6 Å². The third-order valence-electron chi connectivity index (χ3n) is 8.82. The van der Waals surface area contributed by atoms with Gasteiger partial charge in [-0.05, 0) is 59.1 Å². The van der Waals surface area contributed by atoms with Crippen LogP contribution < -0.4 is 5.32 Å². The van der Waals surface area contributed by atoms with Crippen LogP contribution in [0.1, 0.15) is 71.7 Å². The van der Waals surface area contributed by atoms with Crippen molar-refractivity contribution in [3.05, 3.63) is 35.0 Å². The van der Waals surface area contributed by atoms with Gasteiger partial charge in [-0.25, -0.2) is 36.5 Å². The van der Waals surface area contributed by atoms with Gasteiger partial charge in [0.05, 0.1) is 46.4 Å². The lowest BCUT2D eigenvalue weighted by molar-refractivity contribution is -0.0572. The monoisotopic (exact) mass is 672 g/mol. The smallest absolute Gasteiger partial charge is 0.248 e. The van der Waals surface area contributed by atoms with Crippen LogP contribution in [0.25, 0.3) is 22.3 Å². The number of halogens is 4. The van der Waals surface area contributed by atoms with Crippen LogP contribution in [-0.4, -0.2) is 84.7 Å². The van der Waals surface area contributed by atoms with Gasteiger partial charge < -0.3 is 24.8 Å². The lowest BCUT2D eigenvalue weighted by atomic mass is 9.96. The minimum atomic E-state index is -4.01. The number of piperidine rings is 1. The summed E-state index contributed by atoms with van der Waals surface area (Å²) in [7, 11) is -4.01. The Hall–Kier alpha value is -2.56. The molecular formula is C29H36ClF3N6O5S. The van der Waals surface area contributed by atoms with E-state index in [9.17, 15) is 27.4 Å². The first-order valence-corrected chi connectivity index (χ1v) is 16.8. The molecule has 4 heterocycles. The molecule has 2 aromatic heterocycles. The van der Waals surface area contributed by atoms with Gasteiger partial charge in [-0.1, -0.05) is 11.6 Å². The molecule has 1 saturated carbocycles. The fourth-order valence-electron chi connectivity index (χ4n) is 6.65. The van der Waals surface area contributed by atoms with Crippen LogP contribution in [0.5, 0.6) is 0 Å². The number of ether oxygens (including phenoxy) is 1. The number of anilines is 1. The number of hydrogen-bond acceptors (Lipinski definition) is 9. The Morgan fingerprint density at radius 2 is 1.89 bits per heavy atom. The third kappa shape index (κ3) is 5.80. The second-order valence-corrected chi connectivity index (χ2v) is 15.5. The molecule has 45 heavy (non-hydrogen) atoms. The van der Waals surface area contributed by atoms with Crippen LogP contribution in [0.15, 0.2) is 18.3 Å². The first-order valence-electron chi connectivity index (χ1n) is 14.9. The summed E-state index contributed by atoms with van der Waals surface area (Å²) in [4.78, 5) is 13.1. The van der Waals surface area contributed by atoms with Gasteiger partial charge in [0.1, 0.15) is 23.0 Å². The van der Waals surface area contributed by atoms with E-state index in [1.165, 1.54) is 12.3 Å². The molecule has 3 aromatic rings. The maximum Gasteiger partial charge on any atom is 0.248 e. The molecule has 2 bridgehead atoms. The second kappa shape index (κ2) is 11.3. The van der Waals surface area contributed by atoms with E-state index in [2.05, 4.69) is 20.3 Å². The largest absolute Gasteiger partial charge is 0.387 e. The van der Waals surface area contributed by atoms with Gasteiger partial charge in [0.25, 0.3) is 0 Å². The minimum absolute atomic E-state index is 0.0458. The van der Waals surface area contributed by atoms with Gasteiger partial charge in [0, 0.05) is 24.4 Å². The number of nitrogens with one attached hydrogen (secondary N) is 1. The van der Waals surface area contributed by atoms with Crippen LogP contribution in [-0.2, 0) is 20.4 Å². The normalized spacial score (nSPS) is 26.2. The molecular weight excluding hydrogens is 637 g/mol. The zero-order valence-electron chi connectivity index (χ0n) is 25.2. The molecule has 0 radical (unpaired) electrons. The molecule has 0 spiro atoms. The highest BCUT2D eigenvalue weighted by Crippen LogP contribution is 2.42. The fourth-order valence-corrected chi connectivity index (χ4v) is 9.06. The maximum absolute atomic E-state index is 15.4. The average molecular weight is 673 g/mol. The highest BCUT2D eigenvalue weighted by molar-refractivity contribution is 7.89. The van der Waals surface area contributed by atoms with E-state index in [1.807, 2.05) is 13.8 Å². The van der Waals surface area contributed by atoms with E-state index in [1.54, 1.807) is 24.5 Å². The first-order chi connectivity index (χ1) is 21.0. The van der Waals surface area contributed by atoms with Gasteiger partial charge >= 0.3 is 0 Å². The molecule has 0 unspecified atom stereocenters. The van der Waals surface area contributed by atoms with Crippen LogP contribution in [0, 0.1) is 5.82 Å². The van der Waals surface area contributed by atoms with E-state index >= 15 is 4.39 Å². The van der Waals surface area contributed by atoms with Gasteiger partial charge in [-0.3, -0.25) is 0 Å². The van der Waals surface area contributed by atoms with E-state index in [0.29, 0.717) is 16.9 Å². The number of rotatable bonds is 7. The van der Waals surface area contributed by atoms with E-state index in [0.717, 1.165) is 4.31 Å². The summed E-state index contributed by atoms with van der Waals surface area (Å²) in [6.45, 7) is 6.99. The summed E-state index contributed by atoms with van der Waals surface area (Å²) in [5.74, 6) is -3.13. The zero-order valence-corrected chi connectivity index (χ0v) is 26.8. The van der Waals surface area contributed by atoms with Crippen molar-refractivity contribution in [2.45, 2.75) is 107 Å². The van der Waals surface area contributed by atoms with Gasteiger partial charge in [0.15, 0.2) is 12.0 Å². The number of imidazole rings is 1. The quantitative estimate of drug-likeness (QED) is 0.329. The molecule has 6 rings (SSSR count). The number of aliphatic hydroxyl groups is 2. The SMILES string of the molecule is CC(C)n1c(C(C)(C)O)nc2c(F)cc(-c3nc(N[C@@H]4C[C@H]5CO[C@@H]([C@H]4O)N5S(=O)(=O)C4CCC(F)(F)CC4)ncc3Cl)cc21. The molecule has 1 aliphatic carbocycles. The van der Waals surface area contributed by atoms with Crippen LogP contribution in [0.4, 0.5) is 19.1 Å². The zero-order chi connectivity index (χ0) is 32.6. The van der Waals surface area contributed by atoms with Gasteiger partial charge in [0.2, 0.25) is 21.9 Å². The molecule has 246 valence electrons. The predicted octanol–water partition coefficient (Wildman–Crippen LogP) is 4.57. The summed E-state index contributed by atoms with van der Waals surface area (Å²) in [6, 6.07) is 1.45. The lowest BCUT2D eigenvalue weighted by Gasteiger charge is -2.42. The predicted molar refractivity (Wildman–Crippen MR) is 161 cm³/mol. The summed E-state index contributed by atoms with van der Waals surface area (Å²) in [5.41, 5.74) is -0.249. The average Bonchev–Trinajstić information content (AvgIpc) is 3.52. The summed E-state index contributed by atoms with van der Waals surface area (Å²) in [6.07, 6.45) is -2.34. The molecule has 2 saturated heterocycles. The summed E-state index contributed by atoms with van der Waals surface area (Å²) < 4.78 is 78.4. The Kier molecular flexibility index (Phi) is 8.13. The molecule has 16 heteroatoms. The third-order valence-corrected chi connectivity index (χ3v) is 11.5. The van der Waals surface area contributed by atoms with Crippen molar-refractivity contribution in [3.63, 3.8) is 0 Å². The van der Waals surface area contributed by atoms with Crippen molar-refractivity contribution in [1.82, 2.24) is 23.8 Å². The molecule has 1 aromatic carbocycles. The summed E-state index contributed by atoms with van der Waals surface area (Å²) in [5, 5.41) is 24.1. The highest BCUT2D eigenvalue weighted by Gasteiger charge is 2.55. The standard InChI is InChI=1S/C29H36ClF3N6O5S/c1-14(2)38-21-10-15(9-19(31)23(21)36-26(38)28(3,4)41)22-18(30)12-34-27(37-22)35-20-11-16-13-44-25(24(20)40)39(16)45(42,43)17-5-7-29(32,33)8-6-17/h9-10,12,14,16-17,20,24-25,40-41H,5-8,11,13H2,1-4H3,(H,34,35,37)/t16-,20+,24-,25-/m0/s1. The number of benzene rings is 1. The number of aliphatic hydroxyl groups excluding tert-OH is 1. The summed E-state index contributed by atoms with van der Waals surface area (Å²) >= 11 is 6.48. The number of hydrogen-bond donors (Lipinski definition) is 3. The molecule has 3 N–H and O–H groups in total. The number of sulfonamides is 1. The molecule has 2 aliphatic heterocycles. The number of fused-ring (bicyclic) bond motifs is 3. The van der Waals surface area contributed by atoms with Crippen LogP contribution in [0.3, 0.4) is 0 Å². The highest BCUT2D eigenvalue weighted by atomic mass is 35.5. The molecule has 3 aliphatic rings. The van der Waals surface area contributed by atoms with E-state index in [4.69, 9.17) is 16.3 Å². The number of nitrogens with zero attached hydrogens (tertiary/aromatic N) is 5. The number of alkyl halides is 2. The van der Waals surface area contributed by atoms with Crippen molar-refractivity contribution in [3.8, 4) is 11.3 Å². The van der Waals surface area contributed by atoms with Crippen LogP contribution in [0.2, 0.25) is 5.02 Å². The van der Waals surface area contributed by atoms with E-state index < -0.39 is 69.9 Å². The van der Waals surface area contributed by atoms with Gasteiger partial charge in [-0.15, -0.1) is 0 Å². The fraction of sp³-hybridized carbons (Fsp3) is 0.621. The Morgan fingerprint density at radius 3 is 2.53 bits per heavy atom. The Labute approximate surface area is 263 Å². The number of aromatic nitrogens is 4. The maximum atomic E-state index is 15.4.